The molecule has 1 aromatic heterocycles. The van der Waals surface area contributed by atoms with Gasteiger partial charge in [0.2, 0.25) is 17.6 Å². The molecule has 0 saturated carbocycles. The quantitative estimate of drug-likeness (QED) is 0.402. The molecule has 36 heavy (non-hydrogen) atoms. The molecule has 8 heteroatoms. The van der Waals surface area contributed by atoms with Crippen molar-refractivity contribution in [3.05, 3.63) is 96.3 Å². The Kier molecular flexibility index (Phi) is 6.16. The van der Waals surface area contributed by atoms with E-state index in [4.69, 9.17) is 0 Å². The molecule has 1 unspecified atom stereocenters. The minimum absolute atomic E-state index is 0.0389. The Morgan fingerprint density at radius 2 is 1.64 bits per heavy atom. The van der Waals surface area contributed by atoms with Gasteiger partial charge in [0.05, 0.1) is 11.1 Å². The Morgan fingerprint density at radius 3 is 2.28 bits per heavy atom. The third kappa shape index (κ3) is 4.29. The number of anilines is 1. The highest BCUT2D eigenvalue weighted by atomic mass is 16.2. The average molecular weight is 480 g/mol. The van der Waals surface area contributed by atoms with E-state index in [0.29, 0.717) is 30.8 Å². The van der Waals surface area contributed by atoms with Crippen LogP contribution in [0.25, 0.3) is 17.1 Å². The van der Waals surface area contributed by atoms with Crippen molar-refractivity contribution in [3.8, 4) is 17.1 Å². The molecule has 2 heterocycles. The Morgan fingerprint density at radius 1 is 0.972 bits per heavy atom. The summed E-state index contributed by atoms with van der Waals surface area (Å²) in [6.07, 6.45) is 1.33. The monoisotopic (exact) mass is 479 g/mol. The van der Waals surface area contributed by atoms with Gasteiger partial charge in [0.15, 0.2) is 5.82 Å². The van der Waals surface area contributed by atoms with Gasteiger partial charge in [-0.3, -0.25) is 19.7 Å². The van der Waals surface area contributed by atoms with Crippen LogP contribution >= 0.6 is 0 Å². The van der Waals surface area contributed by atoms with Crippen LogP contribution < -0.4 is 10.6 Å². The first-order valence-electron chi connectivity index (χ1n) is 11.8. The summed E-state index contributed by atoms with van der Waals surface area (Å²) in [6.45, 7) is 1.93. The number of rotatable bonds is 6. The number of amides is 3. The zero-order valence-corrected chi connectivity index (χ0v) is 19.8. The zero-order valence-electron chi connectivity index (χ0n) is 19.8. The first kappa shape index (κ1) is 23.2. The Labute approximate surface area is 208 Å². The number of carbonyl (C=O) groups excluding carboxylic acids is 3. The van der Waals surface area contributed by atoms with Gasteiger partial charge < -0.3 is 5.32 Å². The standard InChI is InChI=1S/C28H25N5O3/c1-2-28(18-17-23(34)30-27(28)36)20-13-15-21(16-14-20)29-26(35)24-31-25(19-9-5-3-6-10-19)33(32-24)22-11-7-4-8-12-22/h3-16H,2,17-18H2,1H3,(H,29,35)(H,30,34,36). The number of hydrogen-bond donors (Lipinski definition) is 2. The molecule has 1 aliphatic rings. The number of hydrogen-bond acceptors (Lipinski definition) is 5. The molecule has 1 saturated heterocycles. The SMILES string of the molecule is CCC1(c2ccc(NC(=O)c3nc(-c4ccccc4)n(-c4ccccc4)n3)cc2)CCC(=O)NC1=O. The first-order chi connectivity index (χ1) is 17.5. The molecular weight excluding hydrogens is 454 g/mol. The lowest BCUT2D eigenvalue weighted by Gasteiger charge is -2.35. The molecule has 1 aliphatic heterocycles. The van der Waals surface area contributed by atoms with Gasteiger partial charge in [-0.25, -0.2) is 9.67 Å². The third-order valence-electron chi connectivity index (χ3n) is 6.61. The van der Waals surface area contributed by atoms with Crippen LogP contribution in [-0.4, -0.2) is 32.5 Å². The second kappa shape index (κ2) is 9.58. The molecule has 4 aromatic rings. The highest BCUT2D eigenvalue weighted by molar-refractivity contribution is 6.04. The highest BCUT2D eigenvalue weighted by Gasteiger charge is 2.42. The number of nitrogens with one attached hydrogen (secondary N) is 2. The van der Waals surface area contributed by atoms with Crippen molar-refractivity contribution in [1.82, 2.24) is 20.1 Å². The largest absolute Gasteiger partial charge is 0.319 e. The minimum Gasteiger partial charge on any atom is -0.319 e. The lowest BCUT2D eigenvalue weighted by molar-refractivity contribution is -0.138. The molecule has 1 fully saturated rings. The smallest absolute Gasteiger partial charge is 0.295 e. The molecule has 0 bridgehead atoms. The van der Waals surface area contributed by atoms with E-state index < -0.39 is 11.3 Å². The fraction of sp³-hybridized carbons (Fsp3) is 0.179. The van der Waals surface area contributed by atoms with Crippen molar-refractivity contribution in [2.45, 2.75) is 31.6 Å². The maximum absolute atomic E-state index is 13.1. The lowest BCUT2D eigenvalue weighted by Crippen LogP contribution is -2.51. The van der Waals surface area contributed by atoms with Crippen molar-refractivity contribution < 1.29 is 14.4 Å². The summed E-state index contributed by atoms with van der Waals surface area (Å²) in [4.78, 5) is 41.9. The van der Waals surface area contributed by atoms with Crippen molar-refractivity contribution in [2.75, 3.05) is 5.32 Å². The van der Waals surface area contributed by atoms with Crippen molar-refractivity contribution >= 4 is 23.4 Å². The van der Waals surface area contributed by atoms with E-state index in [-0.39, 0.29) is 17.6 Å². The summed E-state index contributed by atoms with van der Waals surface area (Å²) in [6, 6.07) is 26.2. The van der Waals surface area contributed by atoms with Crippen LogP contribution in [0.3, 0.4) is 0 Å². The van der Waals surface area contributed by atoms with E-state index in [0.717, 1.165) is 16.8 Å². The topological polar surface area (TPSA) is 106 Å². The maximum atomic E-state index is 13.1. The van der Waals surface area contributed by atoms with Gasteiger partial charge >= 0.3 is 0 Å². The minimum atomic E-state index is -0.753. The fourth-order valence-electron chi connectivity index (χ4n) is 4.56. The Hall–Kier alpha value is -4.59. The second-order valence-electron chi connectivity index (χ2n) is 8.72. The zero-order chi connectivity index (χ0) is 25.1. The summed E-state index contributed by atoms with van der Waals surface area (Å²) in [7, 11) is 0. The summed E-state index contributed by atoms with van der Waals surface area (Å²) >= 11 is 0. The molecule has 8 nitrogen and oxygen atoms in total. The van der Waals surface area contributed by atoms with Gasteiger partial charge in [0, 0.05) is 17.7 Å². The number of para-hydroxylation sites is 1. The fourth-order valence-corrected chi connectivity index (χ4v) is 4.56. The van der Waals surface area contributed by atoms with Crippen molar-refractivity contribution in [3.63, 3.8) is 0 Å². The summed E-state index contributed by atoms with van der Waals surface area (Å²) < 4.78 is 1.65. The third-order valence-corrected chi connectivity index (χ3v) is 6.61. The number of carbonyl (C=O) groups is 3. The molecule has 180 valence electrons. The molecule has 3 amide bonds. The maximum Gasteiger partial charge on any atom is 0.295 e. The van der Waals surface area contributed by atoms with Crippen molar-refractivity contribution in [2.24, 2.45) is 0 Å². The van der Waals surface area contributed by atoms with Crippen LogP contribution in [0.1, 0.15) is 42.4 Å². The van der Waals surface area contributed by atoms with E-state index in [9.17, 15) is 14.4 Å². The molecule has 2 N–H and O–H groups in total. The van der Waals surface area contributed by atoms with Gasteiger partial charge in [0.1, 0.15) is 0 Å². The summed E-state index contributed by atoms with van der Waals surface area (Å²) in [5, 5.41) is 9.80. The van der Waals surface area contributed by atoms with E-state index in [2.05, 4.69) is 20.7 Å². The Balaban J connectivity index is 1.41. The van der Waals surface area contributed by atoms with Crippen LogP contribution in [0.15, 0.2) is 84.9 Å². The molecule has 5 rings (SSSR count). The Bertz CT molecular complexity index is 1360. The normalized spacial score (nSPS) is 17.5. The molecule has 0 aliphatic carbocycles. The van der Waals surface area contributed by atoms with Crippen LogP contribution in [0.2, 0.25) is 0 Å². The molecule has 0 spiro atoms. The van der Waals surface area contributed by atoms with E-state index in [1.807, 2.05) is 79.7 Å². The summed E-state index contributed by atoms with van der Waals surface area (Å²) in [5.74, 6) is -0.366. The predicted octanol–water partition coefficient (Wildman–Crippen LogP) is 4.27. The molecule has 3 aromatic carbocycles. The average Bonchev–Trinajstić information content (AvgIpc) is 3.37. The van der Waals surface area contributed by atoms with Gasteiger partial charge in [-0.1, -0.05) is 67.6 Å². The predicted molar refractivity (Wildman–Crippen MR) is 136 cm³/mol. The van der Waals surface area contributed by atoms with Crippen LogP contribution in [0.5, 0.6) is 0 Å². The summed E-state index contributed by atoms with van der Waals surface area (Å²) in [5.41, 5.74) is 2.25. The first-order valence-corrected chi connectivity index (χ1v) is 11.8. The van der Waals surface area contributed by atoms with Crippen LogP contribution in [0.4, 0.5) is 5.69 Å². The van der Waals surface area contributed by atoms with Crippen LogP contribution in [0, 0.1) is 0 Å². The second-order valence-corrected chi connectivity index (χ2v) is 8.72. The van der Waals surface area contributed by atoms with E-state index in [1.165, 1.54) is 0 Å². The molecule has 1 atom stereocenters. The number of benzene rings is 3. The van der Waals surface area contributed by atoms with Gasteiger partial charge in [-0.15, -0.1) is 5.10 Å². The van der Waals surface area contributed by atoms with Gasteiger partial charge in [-0.05, 0) is 42.7 Å². The number of piperidine rings is 1. The lowest BCUT2D eigenvalue weighted by atomic mass is 9.72. The number of imide groups is 1. The van der Waals surface area contributed by atoms with Gasteiger partial charge in [-0.2, -0.15) is 0 Å². The number of aromatic nitrogens is 3. The van der Waals surface area contributed by atoms with E-state index >= 15 is 0 Å². The van der Waals surface area contributed by atoms with Crippen LogP contribution in [-0.2, 0) is 15.0 Å². The van der Waals surface area contributed by atoms with E-state index in [1.54, 1.807) is 16.8 Å². The van der Waals surface area contributed by atoms with Crippen molar-refractivity contribution in [1.29, 1.82) is 0 Å². The highest BCUT2D eigenvalue weighted by Crippen LogP contribution is 2.36. The van der Waals surface area contributed by atoms with Gasteiger partial charge in [0.25, 0.3) is 5.91 Å². The number of nitrogens with zero attached hydrogens (tertiary/aromatic N) is 3. The molecule has 0 radical (unpaired) electrons. The molecular formula is C28H25N5O3.